The van der Waals surface area contributed by atoms with Crippen molar-refractivity contribution < 1.29 is 0 Å². The van der Waals surface area contributed by atoms with Crippen LogP contribution in [0.5, 0.6) is 0 Å². The highest BCUT2D eigenvalue weighted by atomic mass is 15.1. The van der Waals surface area contributed by atoms with Crippen molar-refractivity contribution in [2.24, 2.45) is 11.8 Å². The number of nitrogens with one attached hydrogen (secondary N) is 1. The average Bonchev–Trinajstić information content (AvgIpc) is 2.36. The van der Waals surface area contributed by atoms with Crippen molar-refractivity contribution >= 4 is 11.4 Å². The van der Waals surface area contributed by atoms with E-state index in [2.05, 4.69) is 56.1 Å². The lowest BCUT2D eigenvalue weighted by Gasteiger charge is -2.32. The molecule has 0 saturated carbocycles. The van der Waals surface area contributed by atoms with Crippen LogP contribution < -0.4 is 10.2 Å². The third kappa shape index (κ3) is 3.65. The van der Waals surface area contributed by atoms with Gasteiger partial charge in [-0.15, -0.1) is 0 Å². The molecule has 0 atom stereocenters. The number of rotatable bonds is 5. The van der Waals surface area contributed by atoms with E-state index >= 15 is 0 Å². The Morgan fingerprint density at radius 1 is 1.11 bits per heavy atom. The Balaban J connectivity index is 2.29. The van der Waals surface area contributed by atoms with Crippen molar-refractivity contribution in [1.29, 1.82) is 0 Å². The topological polar surface area (TPSA) is 15.3 Å². The summed E-state index contributed by atoms with van der Waals surface area (Å²) in [5, 5.41) is 3.54. The molecule has 0 aliphatic carbocycles. The van der Waals surface area contributed by atoms with Crippen LogP contribution >= 0.6 is 0 Å². The molecule has 106 valence electrons. The molecule has 1 heterocycles. The summed E-state index contributed by atoms with van der Waals surface area (Å²) in [5.41, 5.74) is 4.32. The molecule has 0 unspecified atom stereocenters. The van der Waals surface area contributed by atoms with Gasteiger partial charge in [0.1, 0.15) is 0 Å². The first-order valence-electron chi connectivity index (χ1n) is 7.68. The maximum atomic E-state index is 3.54. The second kappa shape index (κ2) is 6.31. The molecule has 1 aromatic carbocycles. The Kier molecular flexibility index (Phi) is 4.73. The highest BCUT2D eigenvalue weighted by molar-refractivity contribution is 5.68. The molecular weight excluding hydrogens is 232 g/mol. The summed E-state index contributed by atoms with van der Waals surface area (Å²) in [6, 6.07) is 6.72. The van der Waals surface area contributed by atoms with Crippen LogP contribution in [0, 0.1) is 11.8 Å². The molecule has 19 heavy (non-hydrogen) atoms. The second-order valence-corrected chi connectivity index (χ2v) is 6.53. The fourth-order valence-corrected chi connectivity index (χ4v) is 2.94. The quantitative estimate of drug-likeness (QED) is 0.855. The van der Waals surface area contributed by atoms with E-state index in [1.807, 2.05) is 0 Å². The molecule has 0 fully saturated rings. The zero-order valence-corrected chi connectivity index (χ0v) is 12.9. The first-order chi connectivity index (χ1) is 9.08. The highest BCUT2D eigenvalue weighted by Crippen LogP contribution is 2.32. The maximum absolute atomic E-state index is 3.54. The average molecular weight is 260 g/mol. The van der Waals surface area contributed by atoms with E-state index < -0.39 is 0 Å². The number of nitrogens with zero attached hydrogens (tertiary/aromatic N) is 1. The summed E-state index contributed by atoms with van der Waals surface area (Å²) in [6.07, 6.45) is 2.46. The molecule has 1 aliphatic rings. The van der Waals surface area contributed by atoms with Crippen molar-refractivity contribution in [2.75, 3.05) is 29.9 Å². The molecule has 0 bridgehead atoms. The van der Waals surface area contributed by atoms with Crippen molar-refractivity contribution in [3.63, 3.8) is 0 Å². The fraction of sp³-hybridized carbons (Fsp3) is 0.647. The van der Waals surface area contributed by atoms with Gasteiger partial charge < -0.3 is 10.2 Å². The maximum Gasteiger partial charge on any atom is 0.0419 e. The van der Waals surface area contributed by atoms with Crippen molar-refractivity contribution in [3.05, 3.63) is 23.8 Å². The van der Waals surface area contributed by atoms with Gasteiger partial charge in [0, 0.05) is 31.0 Å². The van der Waals surface area contributed by atoms with E-state index in [4.69, 9.17) is 0 Å². The molecule has 1 N–H and O–H groups in total. The van der Waals surface area contributed by atoms with E-state index in [1.54, 1.807) is 0 Å². The lowest BCUT2D eigenvalue weighted by molar-refractivity contribution is 0.551. The largest absolute Gasteiger partial charge is 0.385 e. The predicted molar refractivity (Wildman–Crippen MR) is 85.1 cm³/mol. The summed E-state index contributed by atoms with van der Waals surface area (Å²) in [4.78, 5) is 2.58. The Hall–Kier alpha value is -1.18. The predicted octanol–water partition coefficient (Wildman–Crippen LogP) is 4.16. The minimum Gasteiger partial charge on any atom is -0.385 e. The Bertz CT molecular complexity index is 400. The van der Waals surface area contributed by atoms with Gasteiger partial charge in [0.25, 0.3) is 0 Å². The third-order valence-electron chi connectivity index (χ3n) is 3.58. The number of hydrogen-bond acceptors (Lipinski definition) is 2. The minimum atomic E-state index is 0.700. The molecular formula is C17H28N2. The van der Waals surface area contributed by atoms with E-state index in [1.165, 1.54) is 29.8 Å². The summed E-state index contributed by atoms with van der Waals surface area (Å²) in [6.45, 7) is 12.6. The Labute approximate surface area is 118 Å². The zero-order chi connectivity index (χ0) is 13.8. The second-order valence-electron chi connectivity index (χ2n) is 6.53. The van der Waals surface area contributed by atoms with Gasteiger partial charge in [-0.25, -0.2) is 0 Å². The van der Waals surface area contributed by atoms with Gasteiger partial charge in [-0.3, -0.25) is 0 Å². The minimum absolute atomic E-state index is 0.700. The zero-order valence-electron chi connectivity index (χ0n) is 12.9. The van der Waals surface area contributed by atoms with Gasteiger partial charge in [-0.1, -0.05) is 33.8 Å². The van der Waals surface area contributed by atoms with Gasteiger partial charge in [0.15, 0.2) is 0 Å². The van der Waals surface area contributed by atoms with Gasteiger partial charge in [0.2, 0.25) is 0 Å². The smallest absolute Gasteiger partial charge is 0.0419 e. The lowest BCUT2D eigenvalue weighted by Crippen LogP contribution is -2.32. The number of fused-ring (bicyclic) bond motifs is 1. The molecule has 0 saturated heterocycles. The van der Waals surface area contributed by atoms with E-state index in [0.29, 0.717) is 11.8 Å². The lowest BCUT2D eigenvalue weighted by atomic mass is 9.99. The monoisotopic (exact) mass is 260 g/mol. The first kappa shape index (κ1) is 14.2. The van der Waals surface area contributed by atoms with Crippen LogP contribution in [-0.4, -0.2) is 19.6 Å². The van der Waals surface area contributed by atoms with Gasteiger partial charge in [0.05, 0.1) is 0 Å². The van der Waals surface area contributed by atoms with Crippen LogP contribution in [0.3, 0.4) is 0 Å². The summed E-state index contributed by atoms with van der Waals surface area (Å²) in [7, 11) is 0. The van der Waals surface area contributed by atoms with E-state index in [9.17, 15) is 0 Å². The number of hydrogen-bond donors (Lipinski definition) is 1. The van der Waals surface area contributed by atoms with Crippen molar-refractivity contribution in [1.82, 2.24) is 0 Å². The molecule has 2 heteroatoms. The number of anilines is 2. The standard InChI is InChI=1S/C17H28N2/c1-13(2)11-19(12-14(3)4)17-9-5-8-16-15(17)7-6-10-18-16/h5,8-9,13-14,18H,6-7,10-12H2,1-4H3. The van der Waals surface area contributed by atoms with Crippen LogP contribution in [0.1, 0.15) is 39.7 Å². The third-order valence-corrected chi connectivity index (χ3v) is 3.58. The molecule has 1 aliphatic heterocycles. The first-order valence-corrected chi connectivity index (χ1v) is 7.68. The van der Waals surface area contributed by atoms with Crippen molar-refractivity contribution in [2.45, 2.75) is 40.5 Å². The van der Waals surface area contributed by atoms with E-state index in [-0.39, 0.29) is 0 Å². The Morgan fingerprint density at radius 2 is 1.79 bits per heavy atom. The van der Waals surface area contributed by atoms with Crippen LogP contribution in [0.15, 0.2) is 18.2 Å². The van der Waals surface area contributed by atoms with Gasteiger partial charge in [-0.05, 0) is 42.4 Å². The summed E-state index contributed by atoms with van der Waals surface area (Å²) >= 11 is 0. The van der Waals surface area contributed by atoms with Crippen LogP contribution in [0.2, 0.25) is 0 Å². The van der Waals surface area contributed by atoms with Gasteiger partial charge in [-0.2, -0.15) is 0 Å². The fourth-order valence-electron chi connectivity index (χ4n) is 2.94. The highest BCUT2D eigenvalue weighted by Gasteiger charge is 2.18. The molecule has 0 radical (unpaired) electrons. The summed E-state index contributed by atoms with van der Waals surface area (Å²) in [5.74, 6) is 1.40. The molecule has 1 aromatic rings. The molecule has 2 rings (SSSR count). The molecule has 2 nitrogen and oxygen atoms in total. The number of benzene rings is 1. The normalized spacial score (nSPS) is 14.4. The Morgan fingerprint density at radius 3 is 2.42 bits per heavy atom. The summed E-state index contributed by atoms with van der Waals surface area (Å²) < 4.78 is 0. The van der Waals surface area contributed by atoms with Crippen LogP contribution in [0.25, 0.3) is 0 Å². The molecule has 0 amide bonds. The van der Waals surface area contributed by atoms with Gasteiger partial charge >= 0.3 is 0 Å². The SMILES string of the molecule is CC(C)CN(CC(C)C)c1cccc2c1CCCN2. The van der Waals surface area contributed by atoms with Crippen LogP contribution in [-0.2, 0) is 6.42 Å². The van der Waals surface area contributed by atoms with Crippen molar-refractivity contribution in [3.8, 4) is 0 Å². The molecule has 0 spiro atoms. The van der Waals surface area contributed by atoms with E-state index in [0.717, 1.165) is 19.6 Å². The van der Waals surface area contributed by atoms with Crippen LogP contribution in [0.4, 0.5) is 11.4 Å². The molecule has 0 aromatic heterocycles.